The van der Waals surface area contributed by atoms with Gasteiger partial charge >= 0.3 is 5.97 Å². The van der Waals surface area contributed by atoms with Crippen molar-refractivity contribution in [2.75, 3.05) is 13.7 Å². The number of carbonyl (C=O) groups excluding carboxylic acids is 1. The summed E-state index contributed by atoms with van der Waals surface area (Å²) in [4.78, 5) is 18.0. The molecule has 0 amide bonds. The minimum absolute atomic E-state index is 0.00681. The number of nitrogens with zero attached hydrogens (tertiary/aromatic N) is 3. The van der Waals surface area contributed by atoms with Crippen molar-refractivity contribution < 1.29 is 27.1 Å². The van der Waals surface area contributed by atoms with E-state index in [1.54, 1.807) is 54.0 Å². The van der Waals surface area contributed by atoms with Crippen LogP contribution in [0.5, 0.6) is 0 Å². The molecule has 11 heteroatoms. The van der Waals surface area contributed by atoms with Crippen molar-refractivity contribution in [3.8, 4) is 22.5 Å². The molecule has 0 atom stereocenters. The molecule has 0 aliphatic rings. The molecule has 0 radical (unpaired) electrons. The average Bonchev–Trinajstić information content (AvgIpc) is 3.59. The normalized spacial score (nSPS) is 12.0. The van der Waals surface area contributed by atoms with Crippen LogP contribution in [0.15, 0.2) is 84.5 Å². The van der Waals surface area contributed by atoms with E-state index in [0.717, 1.165) is 15.6 Å². The van der Waals surface area contributed by atoms with Crippen LogP contribution in [-0.2, 0) is 26.2 Å². The zero-order chi connectivity index (χ0) is 32.5. The lowest BCUT2D eigenvalue weighted by Crippen LogP contribution is -2.22. The third-order valence-electron chi connectivity index (χ3n) is 7.60. The first kappa shape index (κ1) is 32.1. The summed E-state index contributed by atoms with van der Waals surface area (Å²) in [6.07, 6.45) is 4.49. The number of fused-ring (bicyclic) bond motifs is 1. The summed E-state index contributed by atoms with van der Waals surface area (Å²) in [6, 6.07) is 17.2. The second-order valence-electron chi connectivity index (χ2n) is 12.0. The topological polar surface area (TPSA) is 92.4 Å². The van der Waals surface area contributed by atoms with Crippen LogP contribution < -0.4 is 0 Å². The Bertz CT molecular complexity index is 2010. The Hall–Kier alpha value is -4.32. The van der Waals surface area contributed by atoms with Crippen LogP contribution in [0.3, 0.4) is 0 Å². The van der Waals surface area contributed by atoms with Crippen molar-refractivity contribution >= 4 is 41.2 Å². The first-order chi connectivity index (χ1) is 21.4. The Balaban J connectivity index is 1.81. The van der Waals surface area contributed by atoms with E-state index in [1.807, 2.05) is 0 Å². The van der Waals surface area contributed by atoms with Crippen LogP contribution in [0, 0.1) is 12.7 Å². The lowest BCUT2D eigenvalue weighted by molar-refractivity contribution is 0.0600. The van der Waals surface area contributed by atoms with Gasteiger partial charge in [0, 0.05) is 49.2 Å². The van der Waals surface area contributed by atoms with E-state index in [2.05, 4.69) is 31.2 Å². The summed E-state index contributed by atoms with van der Waals surface area (Å²) in [7, 11) is -4.13. The van der Waals surface area contributed by atoms with Gasteiger partial charge < -0.3 is 14.0 Å². The molecule has 0 saturated carbocycles. The van der Waals surface area contributed by atoms with Gasteiger partial charge in [-0.2, -0.15) is 0 Å². The maximum Gasteiger partial charge on any atom is 0.340 e. The van der Waals surface area contributed by atoms with Crippen molar-refractivity contribution in [1.29, 1.82) is 0 Å². The minimum atomic E-state index is -3.97. The number of hydrogen-bond donors (Lipinski definition) is 0. The van der Waals surface area contributed by atoms with Crippen LogP contribution in [0.2, 0.25) is 25.7 Å². The van der Waals surface area contributed by atoms with Gasteiger partial charge in [0.15, 0.2) is 5.65 Å². The number of benzene rings is 2. The third-order valence-corrected chi connectivity index (χ3v) is 11.0. The standard InChI is InChI=1S/C34H36FN3O5SSi/c1-7-25-30(34(39)42-3)32(28-14-13-23(2)21-29(28)35)37(22-43-19-20-45(4,5)6)31(25)26-15-17-36-33-27(26)16-18-38(33)44(40,41)24-11-9-8-10-12-24/h7-18,21H,1,19-20,22H2,2-6H3. The van der Waals surface area contributed by atoms with E-state index in [4.69, 9.17) is 9.47 Å². The summed E-state index contributed by atoms with van der Waals surface area (Å²) in [5, 5.41) is 0.508. The summed E-state index contributed by atoms with van der Waals surface area (Å²) < 4.78 is 57.2. The van der Waals surface area contributed by atoms with Crippen molar-refractivity contribution in [3.05, 3.63) is 102 Å². The van der Waals surface area contributed by atoms with Gasteiger partial charge in [0.25, 0.3) is 10.0 Å². The van der Waals surface area contributed by atoms with E-state index in [-0.39, 0.29) is 34.1 Å². The number of aryl methyl sites for hydroxylation is 1. The molecule has 8 nitrogen and oxygen atoms in total. The van der Waals surface area contributed by atoms with E-state index >= 15 is 4.39 Å². The van der Waals surface area contributed by atoms with E-state index < -0.39 is 29.9 Å². The van der Waals surface area contributed by atoms with Gasteiger partial charge in [-0.05, 0) is 54.9 Å². The molecule has 0 aliphatic carbocycles. The van der Waals surface area contributed by atoms with Gasteiger partial charge in [-0.3, -0.25) is 0 Å². The minimum Gasteiger partial charge on any atom is -0.465 e. The Kier molecular flexibility index (Phi) is 8.97. The maximum absolute atomic E-state index is 15.7. The number of esters is 1. The summed E-state index contributed by atoms with van der Waals surface area (Å²) >= 11 is 0. The molecule has 0 aliphatic heterocycles. The first-order valence-corrected chi connectivity index (χ1v) is 19.6. The van der Waals surface area contributed by atoms with Crippen molar-refractivity contribution in [1.82, 2.24) is 13.5 Å². The monoisotopic (exact) mass is 645 g/mol. The SMILES string of the molecule is C=Cc1c(C(=O)OC)c(-c2ccc(C)cc2F)n(COCC[Si](C)(C)C)c1-c1ccnc2c1ccn2S(=O)(=O)c1ccccc1. The molecule has 0 bridgehead atoms. The van der Waals surface area contributed by atoms with Gasteiger partial charge in [0.05, 0.1) is 29.0 Å². The van der Waals surface area contributed by atoms with Gasteiger partial charge in [-0.15, -0.1) is 0 Å². The van der Waals surface area contributed by atoms with Crippen LogP contribution in [0.4, 0.5) is 4.39 Å². The first-order valence-electron chi connectivity index (χ1n) is 14.5. The number of pyridine rings is 1. The Labute approximate surface area is 263 Å². The summed E-state index contributed by atoms with van der Waals surface area (Å²) in [5.74, 6) is -1.18. The number of aromatic nitrogens is 3. The Morgan fingerprint density at radius 3 is 2.42 bits per heavy atom. The lowest BCUT2D eigenvalue weighted by Gasteiger charge is -2.19. The van der Waals surface area contributed by atoms with Crippen molar-refractivity contribution in [3.63, 3.8) is 0 Å². The smallest absolute Gasteiger partial charge is 0.340 e. The molecule has 0 spiro atoms. The second kappa shape index (κ2) is 12.6. The molecule has 0 unspecified atom stereocenters. The fraction of sp³-hybridized carbons (Fsp3) is 0.235. The van der Waals surface area contributed by atoms with Crippen molar-refractivity contribution in [2.45, 2.75) is 44.2 Å². The Morgan fingerprint density at radius 2 is 1.78 bits per heavy atom. The molecule has 0 saturated heterocycles. The number of carbonyl (C=O) groups is 1. The summed E-state index contributed by atoms with van der Waals surface area (Å²) in [5.41, 5.74) is 2.97. The predicted molar refractivity (Wildman–Crippen MR) is 178 cm³/mol. The second-order valence-corrected chi connectivity index (χ2v) is 19.4. The number of halogens is 1. The molecule has 3 heterocycles. The fourth-order valence-electron chi connectivity index (χ4n) is 5.31. The zero-order valence-electron chi connectivity index (χ0n) is 26.0. The maximum atomic E-state index is 15.7. The van der Waals surface area contributed by atoms with E-state index in [0.29, 0.717) is 28.8 Å². The van der Waals surface area contributed by atoms with Gasteiger partial charge in [0.1, 0.15) is 12.5 Å². The number of ether oxygens (including phenoxy) is 2. The van der Waals surface area contributed by atoms with Crippen LogP contribution >= 0.6 is 0 Å². The van der Waals surface area contributed by atoms with Crippen molar-refractivity contribution in [2.24, 2.45) is 0 Å². The van der Waals surface area contributed by atoms with Crippen LogP contribution in [0.1, 0.15) is 21.5 Å². The quantitative estimate of drug-likeness (QED) is 0.0835. The lowest BCUT2D eigenvalue weighted by atomic mass is 10.00. The van der Waals surface area contributed by atoms with Gasteiger partial charge in [0.2, 0.25) is 0 Å². The highest BCUT2D eigenvalue weighted by atomic mass is 32.2. The highest BCUT2D eigenvalue weighted by Crippen LogP contribution is 2.42. The van der Waals surface area contributed by atoms with Gasteiger partial charge in [-0.1, -0.05) is 56.6 Å². The highest BCUT2D eigenvalue weighted by Gasteiger charge is 2.31. The van der Waals surface area contributed by atoms with Gasteiger partial charge in [-0.25, -0.2) is 26.6 Å². The average molecular weight is 646 g/mol. The largest absolute Gasteiger partial charge is 0.465 e. The molecule has 0 fully saturated rings. The summed E-state index contributed by atoms with van der Waals surface area (Å²) in [6.45, 7) is 13.0. The molecular weight excluding hydrogens is 610 g/mol. The fourth-order valence-corrected chi connectivity index (χ4v) is 7.39. The van der Waals surface area contributed by atoms with Crippen LogP contribution in [0.25, 0.3) is 39.6 Å². The Morgan fingerprint density at radius 1 is 1.04 bits per heavy atom. The molecule has 2 aromatic carbocycles. The van der Waals surface area contributed by atoms with Crippen LogP contribution in [-0.4, -0.2) is 49.7 Å². The number of methoxy groups -OCH3 is 1. The molecule has 5 aromatic rings. The number of rotatable bonds is 11. The highest BCUT2D eigenvalue weighted by molar-refractivity contribution is 7.90. The molecular formula is C34H36FN3O5SSi. The van der Waals surface area contributed by atoms with E-state index in [1.165, 1.54) is 43.8 Å². The molecule has 234 valence electrons. The van der Waals surface area contributed by atoms with E-state index in [9.17, 15) is 13.2 Å². The molecule has 5 rings (SSSR count). The number of hydrogen-bond acceptors (Lipinski definition) is 6. The molecule has 0 N–H and O–H groups in total. The zero-order valence-corrected chi connectivity index (χ0v) is 27.8. The third kappa shape index (κ3) is 6.15. The molecule has 3 aromatic heterocycles. The predicted octanol–water partition coefficient (Wildman–Crippen LogP) is 7.60. The molecule has 45 heavy (non-hydrogen) atoms.